The summed E-state index contributed by atoms with van der Waals surface area (Å²) in [5, 5.41) is 16.7. The summed E-state index contributed by atoms with van der Waals surface area (Å²) in [6.07, 6.45) is 2.11. The van der Waals surface area contributed by atoms with E-state index in [1.165, 1.54) is 0 Å². The fourth-order valence-electron chi connectivity index (χ4n) is 3.48. The number of aryl methyl sites for hydroxylation is 1. The molecule has 2 aromatic rings. The van der Waals surface area contributed by atoms with Gasteiger partial charge in [-0.05, 0) is 67.1 Å². The first-order valence-electron chi connectivity index (χ1n) is 9.08. The lowest BCUT2D eigenvalue weighted by Gasteiger charge is -2.34. The van der Waals surface area contributed by atoms with Crippen molar-refractivity contribution in [1.82, 2.24) is 5.32 Å². The fourth-order valence-corrected chi connectivity index (χ4v) is 3.65. The lowest BCUT2D eigenvalue weighted by atomic mass is 9.79. The number of hydrogen-bond donors (Lipinski definition) is 3. The van der Waals surface area contributed by atoms with Crippen molar-refractivity contribution in [2.75, 3.05) is 19.0 Å². The van der Waals surface area contributed by atoms with Crippen molar-refractivity contribution in [2.45, 2.75) is 31.8 Å². The molecule has 0 heterocycles. The maximum atomic E-state index is 12.3. The molecular weight excluding hydrogens is 380 g/mol. The highest BCUT2D eigenvalue weighted by atomic mass is 35.5. The van der Waals surface area contributed by atoms with Gasteiger partial charge in [-0.1, -0.05) is 23.7 Å². The summed E-state index contributed by atoms with van der Waals surface area (Å²) >= 11 is 6.03. The van der Waals surface area contributed by atoms with Crippen molar-refractivity contribution in [3.63, 3.8) is 0 Å². The number of nitrogens with one attached hydrogen (secondary N) is 2. The summed E-state index contributed by atoms with van der Waals surface area (Å²) in [6.45, 7) is 1.71. The van der Waals surface area contributed by atoms with Crippen LogP contribution < -0.4 is 15.4 Å². The first-order chi connectivity index (χ1) is 13.3. The Hall–Kier alpha value is -2.57. The minimum atomic E-state index is -1.22. The second kappa shape index (κ2) is 8.20. The number of carbonyl (C=O) groups is 2. The van der Waals surface area contributed by atoms with Gasteiger partial charge >= 0.3 is 11.8 Å². The molecule has 6 nitrogen and oxygen atoms in total. The molecule has 148 valence electrons. The molecule has 2 aromatic carbocycles. The molecule has 2 amide bonds. The van der Waals surface area contributed by atoms with Crippen LogP contribution in [0.25, 0.3) is 0 Å². The normalized spacial score (nSPS) is 18.1. The third-order valence-electron chi connectivity index (χ3n) is 5.11. The van der Waals surface area contributed by atoms with Gasteiger partial charge in [0.25, 0.3) is 0 Å². The predicted octanol–water partition coefficient (Wildman–Crippen LogP) is 2.94. The van der Waals surface area contributed by atoms with Crippen LogP contribution in [-0.4, -0.2) is 30.6 Å². The Bertz CT molecular complexity index is 915. The highest BCUT2D eigenvalue weighted by Crippen LogP contribution is 2.36. The minimum Gasteiger partial charge on any atom is -0.497 e. The maximum absolute atomic E-state index is 12.3. The van der Waals surface area contributed by atoms with Crippen molar-refractivity contribution in [1.29, 1.82) is 0 Å². The number of halogens is 1. The SMILES string of the molecule is COc1ccc2c(c1)CCC[C@@]2(O)CNC(=O)C(=O)Nc1cccc(Cl)c1C. The molecule has 0 saturated carbocycles. The number of anilines is 1. The number of fused-ring (bicyclic) bond motifs is 1. The third kappa shape index (κ3) is 4.13. The highest BCUT2D eigenvalue weighted by Gasteiger charge is 2.35. The largest absolute Gasteiger partial charge is 0.497 e. The van der Waals surface area contributed by atoms with Crippen molar-refractivity contribution in [2.24, 2.45) is 0 Å². The Morgan fingerprint density at radius 2 is 2.04 bits per heavy atom. The van der Waals surface area contributed by atoms with Crippen LogP contribution in [0.1, 0.15) is 29.5 Å². The van der Waals surface area contributed by atoms with Gasteiger partial charge in [0.2, 0.25) is 0 Å². The first kappa shape index (κ1) is 20.2. The number of amides is 2. The van der Waals surface area contributed by atoms with Gasteiger partial charge in [0, 0.05) is 10.7 Å². The first-order valence-corrected chi connectivity index (χ1v) is 9.46. The summed E-state index contributed by atoms with van der Waals surface area (Å²) in [5.74, 6) is -0.892. The second-order valence-corrected chi connectivity index (χ2v) is 7.36. The van der Waals surface area contributed by atoms with Crippen molar-refractivity contribution in [3.05, 3.63) is 58.1 Å². The zero-order valence-corrected chi connectivity index (χ0v) is 16.6. The Morgan fingerprint density at radius 3 is 2.79 bits per heavy atom. The van der Waals surface area contributed by atoms with Gasteiger partial charge in [-0.3, -0.25) is 9.59 Å². The van der Waals surface area contributed by atoms with Crippen LogP contribution in [0.3, 0.4) is 0 Å². The molecule has 0 bridgehead atoms. The number of ether oxygens (including phenoxy) is 1. The minimum absolute atomic E-state index is 0.0485. The molecule has 0 radical (unpaired) electrons. The number of aliphatic hydroxyl groups is 1. The average molecular weight is 403 g/mol. The molecule has 0 spiro atoms. The summed E-state index contributed by atoms with van der Waals surface area (Å²) in [7, 11) is 1.59. The fraction of sp³-hybridized carbons (Fsp3) is 0.333. The lowest BCUT2D eigenvalue weighted by Crippen LogP contribution is -2.46. The molecule has 0 saturated heterocycles. The van der Waals surface area contributed by atoms with Gasteiger partial charge in [-0.2, -0.15) is 0 Å². The van der Waals surface area contributed by atoms with E-state index in [-0.39, 0.29) is 6.54 Å². The van der Waals surface area contributed by atoms with Gasteiger partial charge in [-0.15, -0.1) is 0 Å². The van der Waals surface area contributed by atoms with E-state index < -0.39 is 17.4 Å². The Labute approximate surface area is 168 Å². The van der Waals surface area contributed by atoms with E-state index in [1.807, 2.05) is 12.1 Å². The third-order valence-corrected chi connectivity index (χ3v) is 5.52. The number of benzene rings is 2. The van der Waals surface area contributed by atoms with Gasteiger partial charge in [0.05, 0.1) is 13.7 Å². The van der Waals surface area contributed by atoms with Crippen LogP contribution in [0, 0.1) is 6.92 Å². The van der Waals surface area contributed by atoms with Gasteiger partial charge in [-0.25, -0.2) is 0 Å². The van der Waals surface area contributed by atoms with Crippen molar-refractivity contribution >= 4 is 29.1 Å². The molecular formula is C21H23ClN2O4. The monoisotopic (exact) mass is 402 g/mol. The molecule has 7 heteroatoms. The van der Waals surface area contributed by atoms with Gasteiger partial charge in [0.15, 0.2) is 0 Å². The van der Waals surface area contributed by atoms with Gasteiger partial charge in [0.1, 0.15) is 11.4 Å². The molecule has 0 fully saturated rings. The second-order valence-electron chi connectivity index (χ2n) is 6.96. The predicted molar refractivity (Wildman–Crippen MR) is 108 cm³/mol. The van der Waals surface area contributed by atoms with Crippen LogP contribution in [-0.2, 0) is 21.6 Å². The lowest BCUT2D eigenvalue weighted by molar-refractivity contribution is -0.137. The van der Waals surface area contributed by atoms with Crippen LogP contribution in [0.2, 0.25) is 5.02 Å². The molecule has 3 rings (SSSR count). The molecule has 3 N–H and O–H groups in total. The van der Waals surface area contributed by atoms with E-state index in [0.717, 1.165) is 29.7 Å². The van der Waals surface area contributed by atoms with E-state index in [1.54, 1.807) is 38.3 Å². The van der Waals surface area contributed by atoms with Gasteiger partial charge < -0.3 is 20.5 Å². The molecule has 0 aromatic heterocycles. The molecule has 0 aliphatic heterocycles. The zero-order valence-electron chi connectivity index (χ0n) is 15.8. The van der Waals surface area contributed by atoms with Crippen LogP contribution in [0.5, 0.6) is 5.75 Å². The van der Waals surface area contributed by atoms with Crippen LogP contribution in [0.4, 0.5) is 5.69 Å². The summed E-state index contributed by atoms with van der Waals surface area (Å²) < 4.78 is 5.24. The Morgan fingerprint density at radius 1 is 1.25 bits per heavy atom. The van der Waals surface area contributed by atoms with E-state index in [0.29, 0.717) is 22.7 Å². The number of carbonyl (C=O) groups excluding carboxylic acids is 2. The van der Waals surface area contributed by atoms with E-state index >= 15 is 0 Å². The van der Waals surface area contributed by atoms with Crippen LogP contribution in [0.15, 0.2) is 36.4 Å². The number of methoxy groups -OCH3 is 1. The van der Waals surface area contributed by atoms with Crippen molar-refractivity contribution < 1.29 is 19.4 Å². The topological polar surface area (TPSA) is 87.7 Å². The summed E-state index contributed by atoms with van der Waals surface area (Å²) in [4.78, 5) is 24.5. The summed E-state index contributed by atoms with van der Waals surface area (Å²) in [6, 6.07) is 10.6. The smallest absolute Gasteiger partial charge is 0.313 e. The van der Waals surface area contributed by atoms with Crippen LogP contribution >= 0.6 is 11.6 Å². The quantitative estimate of drug-likeness (QED) is 0.686. The molecule has 0 unspecified atom stereocenters. The zero-order chi connectivity index (χ0) is 20.3. The van der Waals surface area contributed by atoms with E-state index in [2.05, 4.69) is 10.6 Å². The standard InChI is InChI=1S/C21H23ClN2O4/c1-13-17(22)6-3-7-18(13)24-20(26)19(25)23-12-21(27)10-4-5-14-11-15(28-2)8-9-16(14)21/h3,6-9,11,27H,4-5,10,12H2,1-2H3,(H,23,25)(H,24,26)/t21-/m1/s1. The molecule has 1 atom stereocenters. The summed E-state index contributed by atoms with van der Waals surface area (Å²) in [5.41, 5.74) is 1.68. The molecule has 1 aliphatic rings. The number of rotatable bonds is 4. The molecule has 1 aliphatic carbocycles. The Balaban J connectivity index is 1.67. The van der Waals surface area contributed by atoms with Crippen molar-refractivity contribution in [3.8, 4) is 5.75 Å². The Kier molecular flexibility index (Phi) is 5.91. The number of hydrogen-bond acceptors (Lipinski definition) is 4. The van der Waals surface area contributed by atoms with E-state index in [9.17, 15) is 14.7 Å². The molecule has 28 heavy (non-hydrogen) atoms. The highest BCUT2D eigenvalue weighted by molar-refractivity contribution is 6.40. The average Bonchev–Trinajstić information content (AvgIpc) is 2.69. The van der Waals surface area contributed by atoms with E-state index in [4.69, 9.17) is 16.3 Å². The maximum Gasteiger partial charge on any atom is 0.313 e.